The van der Waals surface area contributed by atoms with E-state index in [4.69, 9.17) is 0 Å². The van der Waals surface area contributed by atoms with Crippen molar-refractivity contribution < 1.29 is 0 Å². The second kappa shape index (κ2) is 4.27. The molecule has 2 heteroatoms. The van der Waals surface area contributed by atoms with Crippen molar-refractivity contribution >= 4 is 5.52 Å². The molecule has 0 saturated heterocycles. The van der Waals surface area contributed by atoms with Gasteiger partial charge in [0, 0.05) is 12.4 Å². The summed E-state index contributed by atoms with van der Waals surface area (Å²) < 4.78 is 2.13. The Bertz CT molecular complexity index is 427. The highest BCUT2D eigenvalue weighted by Gasteiger charge is 2.00. The van der Waals surface area contributed by atoms with Crippen molar-refractivity contribution in [2.45, 2.75) is 34.6 Å². The lowest BCUT2D eigenvalue weighted by Gasteiger charge is -1.99. The molecule has 0 amide bonds. The predicted octanol–water partition coefficient (Wildman–Crippen LogP) is 3.29. The van der Waals surface area contributed by atoms with Gasteiger partial charge in [-0.05, 0) is 32.4 Å². The fourth-order valence-electron chi connectivity index (χ4n) is 1.57. The Kier molecular flexibility index (Phi) is 3.28. The Morgan fingerprint density at radius 1 is 1.07 bits per heavy atom. The Morgan fingerprint density at radius 3 is 2.36 bits per heavy atom. The Morgan fingerprint density at radius 2 is 1.71 bits per heavy atom. The Hall–Kier alpha value is -1.31. The number of fused-ring (bicyclic) bond motifs is 1. The van der Waals surface area contributed by atoms with E-state index in [9.17, 15) is 0 Å². The molecule has 0 fully saturated rings. The van der Waals surface area contributed by atoms with Crippen LogP contribution in [-0.4, -0.2) is 9.38 Å². The minimum atomic E-state index is 1.07. The van der Waals surface area contributed by atoms with Gasteiger partial charge in [-0.15, -0.1) is 0 Å². The molecule has 0 unspecified atom stereocenters. The maximum Gasteiger partial charge on any atom is 0.0666 e. The van der Waals surface area contributed by atoms with Crippen molar-refractivity contribution in [1.82, 2.24) is 9.38 Å². The van der Waals surface area contributed by atoms with Crippen molar-refractivity contribution in [2.75, 3.05) is 0 Å². The van der Waals surface area contributed by atoms with Gasteiger partial charge in [-0.3, -0.25) is 4.98 Å². The summed E-state index contributed by atoms with van der Waals surface area (Å²) in [6, 6.07) is 2.15. The first-order chi connectivity index (χ1) is 6.66. The number of hydrogen-bond acceptors (Lipinski definition) is 1. The van der Waals surface area contributed by atoms with Gasteiger partial charge in [0.2, 0.25) is 0 Å². The zero-order chi connectivity index (χ0) is 10.7. The molecule has 0 saturated carbocycles. The molecule has 76 valence electrons. The van der Waals surface area contributed by atoms with Gasteiger partial charge < -0.3 is 4.40 Å². The van der Waals surface area contributed by atoms with Gasteiger partial charge in [-0.25, -0.2) is 0 Å². The minimum Gasteiger partial charge on any atom is -0.320 e. The van der Waals surface area contributed by atoms with Crippen LogP contribution in [0.4, 0.5) is 0 Å². The van der Waals surface area contributed by atoms with Crippen LogP contribution in [0.15, 0.2) is 18.5 Å². The van der Waals surface area contributed by atoms with Gasteiger partial charge in [0.05, 0.1) is 16.9 Å². The lowest BCUT2D eigenvalue weighted by Crippen LogP contribution is -1.92. The Labute approximate surface area is 85.6 Å². The van der Waals surface area contributed by atoms with Crippen LogP contribution in [0.25, 0.3) is 5.52 Å². The molecule has 2 aromatic heterocycles. The maximum atomic E-state index is 4.39. The smallest absolute Gasteiger partial charge is 0.0666 e. The van der Waals surface area contributed by atoms with Gasteiger partial charge >= 0.3 is 0 Å². The molecule has 0 N–H and O–H groups in total. The normalized spacial score (nSPS) is 9.79. The third-order valence-corrected chi connectivity index (χ3v) is 2.03. The lowest BCUT2D eigenvalue weighted by atomic mass is 10.3. The quantitative estimate of drug-likeness (QED) is 0.623. The predicted molar refractivity (Wildman–Crippen MR) is 60.8 cm³/mol. The fourth-order valence-corrected chi connectivity index (χ4v) is 1.57. The highest BCUT2D eigenvalue weighted by molar-refractivity contribution is 5.54. The van der Waals surface area contributed by atoms with E-state index in [0.29, 0.717) is 0 Å². The standard InChI is InChI=1S/C10H12N2.C2H6/c1-7-4-10-9(3)11-8(2)6-12(10)5-7;1-2/h4-6H,1-3H3;1-2H3. The molecular weight excluding hydrogens is 172 g/mol. The van der Waals surface area contributed by atoms with Crippen molar-refractivity contribution in [2.24, 2.45) is 0 Å². The van der Waals surface area contributed by atoms with Gasteiger partial charge in [0.25, 0.3) is 0 Å². The second-order valence-corrected chi connectivity index (χ2v) is 3.28. The van der Waals surface area contributed by atoms with E-state index < -0.39 is 0 Å². The van der Waals surface area contributed by atoms with Crippen LogP contribution in [0.5, 0.6) is 0 Å². The van der Waals surface area contributed by atoms with E-state index >= 15 is 0 Å². The third-order valence-electron chi connectivity index (χ3n) is 2.03. The van der Waals surface area contributed by atoms with Crippen LogP contribution < -0.4 is 0 Å². The molecule has 2 nitrogen and oxygen atoms in total. The summed E-state index contributed by atoms with van der Waals surface area (Å²) in [5.41, 5.74) is 4.65. The number of rotatable bonds is 0. The molecule has 0 radical (unpaired) electrons. The number of nitrogens with zero attached hydrogens (tertiary/aromatic N) is 2. The van der Waals surface area contributed by atoms with Crippen LogP contribution in [-0.2, 0) is 0 Å². The van der Waals surface area contributed by atoms with Crippen LogP contribution in [0.1, 0.15) is 30.8 Å². The first-order valence-electron chi connectivity index (χ1n) is 5.09. The zero-order valence-corrected chi connectivity index (χ0v) is 9.63. The lowest BCUT2D eigenvalue weighted by molar-refractivity contribution is 1.04. The zero-order valence-electron chi connectivity index (χ0n) is 9.63. The molecule has 0 aliphatic heterocycles. The molecule has 0 aromatic carbocycles. The molecule has 0 aliphatic rings. The van der Waals surface area contributed by atoms with E-state index in [1.165, 1.54) is 11.1 Å². The van der Waals surface area contributed by atoms with Crippen molar-refractivity contribution in [3.8, 4) is 0 Å². The molecule has 2 rings (SSSR count). The van der Waals surface area contributed by atoms with Gasteiger partial charge in [-0.1, -0.05) is 13.8 Å². The van der Waals surface area contributed by atoms with Crippen molar-refractivity contribution in [3.05, 3.63) is 35.4 Å². The highest BCUT2D eigenvalue weighted by Crippen LogP contribution is 2.12. The van der Waals surface area contributed by atoms with Crippen LogP contribution >= 0.6 is 0 Å². The summed E-state index contributed by atoms with van der Waals surface area (Å²) in [6.45, 7) is 10.2. The summed E-state index contributed by atoms with van der Waals surface area (Å²) in [7, 11) is 0. The average Bonchev–Trinajstić information content (AvgIpc) is 2.49. The van der Waals surface area contributed by atoms with Crippen LogP contribution in [0.3, 0.4) is 0 Å². The number of hydrogen-bond donors (Lipinski definition) is 0. The molecule has 14 heavy (non-hydrogen) atoms. The van der Waals surface area contributed by atoms with E-state index in [-0.39, 0.29) is 0 Å². The van der Waals surface area contributed by atoms with E-state index in [1.807, 2.05) is 27.7 Å². The number of aryl methyl sites for hydroxylation is 3. The molecular formula is C12H18N2. The van der Waals surface area contributed by atoms with Crippen LogP contribution in [0, 0.1) is 20.8 Å². The van der Waals surface area contributed by atoms with Gasteiger partial charge in [0.1, 0.15) is 0 Å². The molecule has 2 heterocycles. The van der Waals surface area contributed by atoms with Crippen molar-refractivity contribution in [3.63, 3.8) is 0 Å². The monoisotopic (exact) mass is 190 g/mol. The summed E-state index contributed by atoms with van der Waals surface area (Å²) in [6.07, 6.45) is 4.17. The van der Waals surface area contributed by atoms with Gasteiger partial charge in [-0.2, -0.15) is 0 Å². The average molecular weight is 190 g/mol. The SMILES string of the molecule is CC.Cc1cc2c(C)nc(C)cn2c1. The van der Waals surface area contributed by atoms with Crippen molar-refractivity contribution in [1.29, 1.82) is 0 Å². The topological polar surface area (TPSA) is 17.3 Å². The summed E-state index contributed by atoms with van der Waals surface area (Å²) >= 11 is 0. The molecule has 0 aliphatic carbocycles. The van der Waals surface area contributed by atoms with Gasteiger partial charge in [0.15, 0.2) is 0 Å². The Balaban J connectivity index is 0.000000461. The summed E-state index contributed by atoms with van der Waals surface area (Å²) in [4.78, 5) is 4.39. The van der Waals surface area contributed by atoms with E-state index in [0.717, 1.165) is 11.4 Å². The van der Waals surface area contributed by atoms with Crippen LogP contribution in [0.2, 0.25) is 0 Å². The summed E-state index contributed by atoms with van der Waals surface area (Å²) in [5, 5.41) is 0. The largest absolute Gasteiger partial charge is 0.320 e. The summed E-state index contributed by atoms with van der Waals surface area (Å²) in [5.74, 6) is 0. The molecule has 0 spiro atoms. The first-order valence-corrected chi connectivity index (χ1v) is 5.09. The highest BCUT2D eigenvalue weighted by atomic mass is 14.9. The first kappa shape index (κ1) is 10.8. The maximum absolute atomic E-state index is 4.39. The van der Waals surface area contributed by atoms with E-state index in [2.05, 4.69) is 34.8 Å². The fraction of sp³-hybridized carbons (Fsp3) is 0.417. The number of aromatic nitrogens is 2. The molecule has 0 atom stereocenters. The minimum absolute atomic E-state index is 1.07. The molecule has 0 bridgehead atoms. The molecule has 2 aromatic rings. The second-order valence-electron chi connectivity index (χ2n) is 3.28. The third kappa shape index (κ3) is 1.95. The van der Waals surface area contributed by atoms with E-state index in [1.54, 1.807) is 0 Å².